The minimum absolute atomic E-state index is 0.0747. The van der Waals surface area contributed by atoms with Crippen LogP contribution in [0.25, 0.3) is 10.3 Å². The van der Waals surface area contributed by atoms with Gasteiger partial charge in [-0.3, -0.25) is 0 Å². The molecular formula is C11H12O3S. The van der Waals surface area contributed by atoms with Crippen molar-refractivity contribution >= 4 is 21.6 Å². The van der Waals surface area contributed by atoms with E-state index in [-0.39, 0.29) is 17.0 Å². The van der Waals surface area contributed by atoms with Gasteiger partial charge in [0.05, 0.1) is 11.3 Å². The second kappa shape index (κ2) is 3.47. The van der Waals surface area contributed by atoms with Crippen LogP contribution in [0.4, 0.5) is 0 Å². The maximum absolute atomic E-state index is 11.0. The Balaban J connectivity index is 2.60. The second-order valence-electron chi connectivity index (χ2n) is 4.16. The van der Waals surface area contributed by atoms with Gasteiger partial charge in [-0.1, -0.05) is 31.3 Å². The van der Waals surface area contributed by atoms with Crippen molar-refractivity contribution in [3.05, 3.63) is 33.5 Å². The molecule has 1 aromatic heterocycles. The Morgan fingerprint density at radius 1 is 1.47 bits per heavy atom. The lowest BCUT2D eigenvalue weighted by Crippen LogP contribution is -2.21. The van der Waals surface area contributed by atoms with Crippen LogP contribution in [0.3, 0.4) is 0 Å². The summed E-state index contributed by atoms with van der Waals surface area (Å²) in [5.74, 6) is 0. The lowest BCUT2D eigenvalue weighted by atomic mass is 9.86. The van der Waals surface area contributed by atoms with E-state index in [1.165, 1.54) is 0 Å². The summed E-state index contributed by atoms with van der Waals surface area (Å²) in [5, 5.41) is 9.24. The van der Waals surface area contributed by atoms with Gasteiger partial charge in [-0.05, 0) is 17.7 Å². The number of fused-ring (bicyclic) bond motifs is 1. The van der Waals surface area contributed by atoms with Gasteiger partial charge in [0.2, 0.25) is 0 Å². The second-order valence-corrected chi connectivity index (χ2v) is 5.13. The van der Waals surface area contributed by atoms with E-state index in [2.05, 4.69) is 0 Å². The third-order valence-electron chi connectivity index (χ3n) is 2.51. The molecule has 2 rings (SSSR count). The average Bonchev–Trinajstić information content (AvgIpc) is 2.56. The molecule has 0 fully saturated rings. The molecule has 15 heavy (non-hydrogen) atoms. The molecule has 2 aromatic rings. The van der Waals surface area contributed by atoms with Crippen molar-refractivity contribution < 1.29 is 9.52 Å². The maximum atomic E-state index is 11.0. The van der Waals surface area contributed by atoms with Crippen LogP contribution in [0.5, 0.6) is 0 Å². The van der Waals surface area contributed by atoms with Crippen LogP contribution in [0.1, 0.15) is 19.4 Å². The van der Waals surface area contributed by atoms with Gasteiger partial charge in [0.1, 0.15) is 5.58 Å². The highest BCUT2D eigenvalue weighted by Gasteiger charge is 2.20. The summed E-state index contributed by atoms with van der Waals surface area (Å²) in [6, 6.07) is 5.56. The van der Waals surface area contributed by atoms with E-state index in [9.17, 15) is 9.90 Å². The van der Waals surface area contributed by atoms with Gasteiger partial charge in [-0.15, -0.1) is 0 Å². The Morgan fingerprint density at radius 2 is 2.20 bits per heavy atom. The minimum Gasteiger partial charge on any atom is -0.414 e. The Kier molecular flexibility index (Phi) is 2.40. The quantitative estimate of drug-likeness (QED) is 0.850. The van der Waals surface area contributed by atoms with Gasteiger partial charge >= 0.3 is 4.94 Å². The number of rotatable bonds is 2. The highest BCUT2D eigenvalue weighted by atomic mass is 32.1. The molecule has 0 saturated heterocycles. The van der Waals surface area contributed by atoms with Crippen molar-refractivity contribution in [1.29, 1.82) is 0 Å². The predicted octanol–water partition coefficient (Wildman–Crippen LogP) is 2.12. The van der Waals surface area contributed by atoms with E-state index in [1.807, 2.05) is 26.0 Å². The predicted molar refractivity (Wildman–Crippen MR) is 60.5 cm³/mol. The lowest BCUT2D eigenvalue weighted by molar-refractivity contribution is 0.218. The summed E-state index contributed by atoms with van der Waals surface area (Å²) in [5.41, 5.74) is 1.33. The van der Waals surface area contributed by atoms with Crippen molar-refractivity contribution in [2.24, 2.45) is 0 Å². The highest BCUT2D eigenvalue weighted by Crippen LogP contribution is 2.27. The molecule has 0 saturated carbocycles. The Morgan fingerprint density at radius 3 is 2.87 bits per heavy atom. The zero-order valence-electron chi connectivity index (χ0n) is 8.61. The summed E-state index contributed by atoms with van der Waals surface area (Å²) in [6.07, 6.45) is 0. The molecule has 0 unspecified atom stereocenters. The summed E-state index contributed by atoms with van der Waals surface area (Å²) >= 11 is 1.09. The molecule has 0 aliphatic carbocycles. The van der Waals surface area contributed by atoms with E-state index in [0.717, 1.165) is 21.6 Å². The topological polar surface area (TPSA) is 50.4 Å². The van der Waals surface area contributed by atoms with Crippen LogP contribution >= 0.6 is 11.3 Å². The molecule has 0 bridgehead atoms. The monoisotopic (exact) mass is 224 g/mol. The van der Waals surface area contributed by atoms with Gasteiger partial charge in [-0.25, -0.2) is 4.79 Å². The summed E-state index contributed by atoms with van der Waals surface area (Å²) < 4.78 is 5.80. The van der Waals surface area contributed by atoms with Crippen LogP contribution in [0, 0.1) is 0 Å². The first kappa shape index (κ1) is 10.4. The SMILES string of the molecule is CC(C)(CO)c1ccc2oc(=O)sc2c1. The molecule has 0 atom stereocenters. The van der Waals surface area contributed by atoms with Crippen LogP contribution in [-0.4, -0.2) is 11.7 Å². The van der Waals surface area contributed by atoms with Crippen LogP contribution in [0.2, 0.25) is 0 Å². The molecule has 0 aliphatic rings. The van der Waals surface area contributed by atoms with E-state index in [4.69, 9.17) is 4.42 Å². The Bertz CT molecular complexity index is 536. The van der Waals surface area contributed by atoms with E-state index < -0.39 is 0 Å². The number of hydrogen-bond donors (Lipinski definition) is 1. The fraction of sp³-hybridized carbons (Fsp3) is 0.364. The minimum atomic E-state index is -0.290. The number of hydrogen-bond acceptors (Lipinski definition) is 4. The first-order valence-corrected chi connectivity index (χ1v) is 5.49. The van der Waals surface area contributed by atoms with Crippen molar-refractivity contribution in [3.8, 4) is 0 Å². The van der Waals surface area contributed by atoms with Crippen LogP contribution in [0.15, 0.2) is 27.4 Å². The summed E-state index contributed by atoms with van der Waals surface area (Å²) in [7, 11) is 0. The molecule has 3 nitrogen and oxygen atoms in total. The van der Waals surface area contributed by atoms with E-state index in [0.29, 0.717) is 5.58 Å². The molecule has 1 heterocycles. The first-order chi connectivity index (χ1) is 7.03. The Hall–Kier alpha value is -1.13. The standard InChI is InChI=1S/C11H12O3S/c1-11(2,6-12)7-3-4-8-9(5-7)15-10(13)14-8/h3-5,12H,6H2,1-2H3. The van der Waals surface area contributed by atoms with E-state index >= 15 is 0 Å². The van der Waals surface area contributed by atoms with Gasteiger partial charge in [0, 0.05) is 5.41 Å². The molecule has 0 spiro atoms. The summed E-state index contributed by atoms with van der Waals surface area (Å²) in [6.45, 7) is 3.99. The fourth-order valence-electron chi connectivity index (χ4n) is 1.38. The van der Waals surface area contributed by atoms with Crippen molar-refractivity contribution in [3.63, 3.8) is 0 Å². The third kappa shape index (κ3) is 1.82. The molecule has 0 aliphatic heterocycles. The number of benzene rings is 1. The maximum Gasteiger partial charge on any atom is 0.396 e. The summed E-state index contributed by atoms with van der Waals surface area (Å²) in [4.78, 5) is 10.7. The van der Waals surface area contributed by atoms with Crippen molar-refractivity contribution in [2.45, 2.75) is 19.3 Å². The normalized spacial score (nSPS) is 12.2. The van der Waals surface area contributed by atoms with Gasteiger partial charge in [-0.2, -0.15) is 0 Å². The lowest BCUT2D eigenvalue weighted by Gasteiger charge is -2.21. The van der Waals surface area contributed by atoms with E-state index in [1.54, 1.807) is 6.07 Å². The molecule has 0 amide bonds. The third-order valence-corrected chi connectivity index (χ3v) is 3.30. The zero-order valence-corrected chi connectivity index (χ0v) is 9.43. The molecule has 0 radical (unpaired) electrons. The first-order valence-electron chi connectivity index (χ1n) is 4.68. The smallest absolute Gasteiger partial charge is 0.396 e. The van der Waals surface area contributed by atoms with Gasteiger partial charge in [0.25, 0.3) is 0 Å². The number of aliphatic hydroxyl groups is 1. The van der Waals surface area contributed by atoms with Crippen molar-refractivity contribution in [1.82, 2.24) is 0 Å². The van der Waals surface area contributed by atoms with Gasteiger partial charge < -0.3 is 9.52 Å². The highest BCUT2D eigenvalue weighted by molar-refractivity contribution is 7.16. The largest absolute Gasteiger partial charge is 0.414 e. The molecule has 1 N–H and O–H groups in total. The average molecular weight is 224 g/mol. The zero-order chi connectivity index (χ0) is 11.1. The molecule has 1 aromatic carbocycles. The van der Waals surface area contributed by atoms with Crippen LogP contribution < -0.4 is 4.94 Å². The fourth-order valence-corrected chi connectivity index (χ4v) is 2.09. The molecule has 80 valence electrons. The van der Waals surface area contributed by atoms with Crippen molar-refractivity contribution in [2.75, 3.05) is 6.61 Å². The molecular weight excluding hydrogens is 212 g/mol. The van der Waals surface area contributed by atoms with Gasteiger partial charge in [0.15, 0.2) is 0 Å². The number of aliphatic hydroxyl groups excluding tert-OH is 1. The van der Waals surface area contributed by atoms with Crippen LogP contribution in [-0.2, 0) is 5.41 Å². The molecule has 4 heteroatoms. The Labute approximate surface area is 91.0 Å².